The minimum absolute atomic E-state index is 0.0609. The summed E-state index contributed by atoms with van der Waals surface area (Å²) < 4.78 is 45.0. The average molecular weight is 339 g/mol. The first-order chi connectivity index (χ1) is 10.8. The van der Waals surface area contributed by atoms with Gasteiger partial charge in [0.1, 0.15) is 0 Å². The zero-order chi connectivity index (χ0) is 17.0. The average Bonchev–Trinajstić information content (AvgIpc) is 2.53. The summed E-state index contributed by atoms with van der Waals surface area (Å²) in [5.74, 6) is -1.76. The van der Waals surface area contributed by atoms with Crippen LogP contribution in [0.5, 0.6) is 5.75 Å². The molecule has 0 saturated carbocycles. The Morgan fingerprint density at radius 1 is 1.26 bits per heavy atom. The van der Waals surface area contributed by atoms with Crippen molar-refractivity contribution in [1.82, 2.24) is 4.72 Å². The number of hydrogen-bond donors (Lipinski definition) is 2. The van der Waals surface area contributed by atoms with Gasteiger partial charge in [0.25, 0.3) is 0 Å². The van der Waals surface area contributed by atoms with E-state index in [0.717, 1.165) is 12.1 Å². The number of rotatable bonds is 6. The molecule has 6 nitrogen and oxygen atoms in total. The van der Waals surface area contributed by atoms with Gasteiger partial charge in [-0.3, -0.25) is 0 Å². The molecule has 8 heteroatoms. The number of sulfonamides is 1. The van der Waals surface area contributed by atoms with Gasteiger partial charge in [0, 0.05) is 6.54 Å². The molecule has 0 bridgehead atoms. The molecule has 0 amide bonds. The molecule has 0 unspecified atom stereocenters. The third-order valence-corrected chi connectivity index (χ3v) is 4.47. The molecule has 0 aliphatic rings. The number of hydrogen-bond acceptors (Lipinski definition) is 4. The highest BCUT2D eigenvalue weighted by molar-refractivity contribution is 7.89. The first-order valence-corrected chi connectivity index (χ1v) is 7.97. The maximum Gasteiger partial charge on any atom is 0.335 e. The molecule has 0 aromatic heterocycles. The van der Waals surface area contributed by atoms with Crippen molar-refractivity contribution in [3.63, 3.8) is 0 Å². The maximum absolute atomic E-state index is 13.6. The minimum Gasteiger partial charge on any atom is -0.494 e. The van der Waals surface area contributed by atoms with Crippen molar-refractivity contribution in [2.75, 3.05) is 7.11 Å². The van der Waals surface area contributed by atoms with Gasteiger partial charge in [-0.2, -0.15) is 0 Å². The van der Waals surface area contributed by atoms with Crippen LogP contribution in [-0.2, 0) is 16.6 Å². The van der Waals surface area contributed by atoms with Crippen molar-refractivity contribution in [2.45, 2.75) is 11.4 Å². The normalized spacial score (nSPS) is 11.2. The van der Waals surface area contributed by atoms with Gasteiger partial charge in [-0.15, -0.1) is 0 Å². The van der Waals surface area contributed by atoms with Gasteiger partial charge >= 0.3 is 5.97 Å². The van der Waals surface area contributed by atoms with E-state index in [4.69, 9.17) is 9.84 Å². The standard InChI is InChI=1S/C15H14FNO5S/c1-22-14-6-5-10(7-13(14)16)9-17-23(20,21)12-4-2-3-11(8-12)15(18)19/h2-8,17H,9H2,1H3,(H,18,19). The van der Waals surface area contributed by atoms with Crippen LogP contribution < -0.4 is 9.46 Å². The first kappa shape index (κ1) is 16.9. The third-order valence-electron chi connectivity index (χ3n) is 3.07. The topological polar surface area (TPSA) is 92.7 Å². The predicted molar refractivity (Wildman–Crippen MR) is 80.4 cm³/mol. The molecule has 0 fully saturated rings. The van der Waals surface area contributed by atoms with Crippen molar-refractivity contribution in [1.29, 1.82) is 0 Å². The molecule has 0 spiro atoms. The lowest BCUT2D eigenvalue weighted by Gasteiger charge is -2.09. The van der Waals surface area contributed by atoms with Crippen molar-refractivity contribution < 1.29 is 27.4 Å². The zero-order valence-corrected chi connectivity index (χ0v) is 12.9. The summed E-state index contributed by atoms with van der Waals surface area (Å²) in [5.41, 5.74) is 0.268. The van der Waals surface area contributed by atoms with Crippen LogP contribution in [0.25, 0.3) is 0 Å². The zero-order valence-electron chi connectivity index (χ0n) is 12.1. The molecule has 2 aromatic carbocycles. The predicted octanol–water partition coefficient (Wildman–Crippen LogP) is 2.01. The molecular formula is C15H14FNO5S. The van der Waals surface area contributed by atoms with Crippen molar-refractivity contribution in [2.24, 2.45) is 0 Å². The molecule has 0 saturated heterocycles. The maximum atomic E-state index is 13.6. The molecule has 0 heterocycles. The molecule has 0 aliphatic carbocycles. The smallest absolute Gasteiger partial charge is 0.335 e. The number of aromatic carboxylic acids is 1. The number of carbonyl (C=O) groups is 1. The fourth-order valence-electron chi connectivity index (χ4n) is 1.88. The van der Waals surface area contributed by atoms with Crippen molar-refractivity contribution >= 4 is 16.0 Å². The van der Waals surface area contributed by atoms with E-state index in [1.54, 1.807) is 0 Å². The van der Waals surface area contributed by atoms with Crippen molar-refractivity contribution in [3.05, 3.63) is 59.4 Å². The van der Waals surface area contributed by atoms with E-state index >= 15 is 0 Å². The monoisotopic (exact) mass is 339 g/mol. The van der Waals surface area contributed by atoms with Crippen LogP contribution in [0.4, 0.5) is 4.39 Å². The van der Waals surface area contributed by atoms with E-state index in [-0.39, 0.29) is 22.8 Å². The fourth-order valence-corrected chi connectivity index (χ4v) is 2.94. The summed E-state index contributed by atoms with van der Waals surface area (Å²) in [5, 5.41) is 8.89. The van der Waals surface area contributed by atoms with Crippen LogP contribution in [0.15, 0.2) is 47.4 Å². The Kier molecular flexibility index (Phi) is 4.97. The molecule has 2 rings (SSSR count). The lowest BCUT2D eigenvalue weighted by molar-refractivity contribution is 0.0696. The molecule has 122 valence electrons. The molecule has 2 aromatic rings. The van der Waals surface area contributed by atoms with E-state index in [1.165, 1.54) is 37.4 Å². The highest BCUT2D eigenvalue weighted by Crippen LogP contribution is 2.18. The third kappa shape index (κ3) is 4.05. The van der Waals surface area contributed by atoms with Gasteiger partial charge < -0.3 is 9.84 Å². The number of nitrogens with one attached hydrogen (secondary N) is 1. The summed E-state index contributed by atoms with van der Waals surface area (Å²) >= 11 is 0. The molecular weight excluding hydrogens is 325 g/mol. The van der Waals surface area contributed by atoms with Gasteiger partial charge in [-0.05, 0) is 35.9 Å². The van der Waals surface area contributed by atoms with E-state index in [1.807, 2.05) is 0 Å². The number of methoxy groups -OCH3 is 1. The summed E-state index contributed by atoms with van der Waals surface area (Å²) in [6.45, 7) is -0.138. The van der Waals surface area contributed by atoms with Crippen LogP contribution in [0, 0.1) is 5.82 Å². The molecule has 0 radical (unpaired) electrons. The minimum atomic E-state index is -3.91. The van der Waals surface area contributed by atoms with Crippen LogP contribution in [0.2, 0.25) is 0 Å². The van der Waals surface area contributed by atoms with Gasteiger partial charge in [-0.1, -0.05) is 12.1 Å². The largest absolute Gasteiger partial charge is 0.494 e. The summed E-state index contributed by atoms with van der Waals surface area (Å²) in [4.78, 5) is 10.7. The van der Waals surface area contributed by atoms with Crippen LogP contribution in [-0.4, -0.2) is 26.6 Å². The second-order valence-corrected chi connectivity index (χ2v) is 6.39. The summed E-state index contributed by atoms with van der Waals surface area (Å²) in [7, 11) is -2.58. The molecule has 0 aliphatic heterocycles. The number of carboxylic acids is 1. The Bertz CT molecular complexity index is 836. The van der Waals surface area contributed by atoms with E-state index in [2.05, 4.69) is 4.72 Å². The highest BCUT2D eigenvalue weighted by atomic mass is 32.2. The number of carboxylic acid groups (broad SMARTS) is 1. The Morgan fingerprint density at radius 2 is 2.00 bits per heavy atom. The molecule has 23 heavy (non-hydrogen) atoms. The lowest BCUT2D eigenvalue weighted by Crippen LogP contribution is -2.23. The Labute approximate surface area is 132 Å². The number of ether oxygens (including phenoxy) is 1. The molecule has 2 N–H and O–H groups in total. The quantitative estimate of drug-likeness (QED) is 0.840. The van der Waals surface area contributed by atoms with E-state index in [0.29, 0.717) is 5.56 Å². The Hall–Kier alpha value is -2.45. The van der Waals surface area contributed by atoms with Crippen LogP contribution in [0.3, 0.4) is 0 Å². The van der Waals surface area contributed by atoms with Crippen LogP contribution >= 0.6 is 0 Å². The summed E-state index contributed by atoms with van der Waals surface area (Å²) in [6.07, 6.45) is 0. The van der Waals surface area contributed by atoms with Gasteiger partial charge in [-0.25, -0.2) is 22.3 Å². The van der Waals surface area contributed by atoms with Gasteiger partial charge in [0.15, 0.2) is 11.6 Å². The Balaban J connectivity index is 2.17. The highest BCUT2D eigenvalue weighted by Gasteiger charge is 2.16. The summed E-state index contributed by atoms with van der Waals surface area (Å²) in [6, 6.07) is 9.05. The molecule has 0 atom stereocenters. The van der Waals surface area contributed by atoms with Gasteiger partial charge in [0.05, 0.1) is 17.6 Å². The van der Waals surface area contributed by atoms with E-state index < -0.39 is 21.8 Å². The second kappa shape index (κ2) is 6.76. The van der Waals surface area contributed by atoms with Crippen molar-refractivity contribution in [3.8, 4) is 5.75 Å². The van der Waals surface area contributed by atoms with E-state index in [9.17, 15) is 17.6 Å². The Morgan fingerprint density at radius 3 is 2.61 bits per heavy atom. The second-order valence-electron chi connectivity index (χ2n) is 4.63. The fraction of sp³-hybridized carbons (Fsp3) is 0.133. The first-order valence-electron chi connectivity index (χ1n) is 6.49. The number of halogens is 1. The van der Waals surface area contributed by atoms with Gasteiger partial charge in [0.2, 0.25) is 10.0 Å². The number of benzene rings is 2. The lowest BCUT2D eigenvalue weighted by atomic mass is 10.2. The van der Waals surface area contributed by atoms with Crippen LogP contribution in [0.1, 0.15) is 15.9 Å². The SMILES string of the molecule is COc1ccc(CNS(=O)(=O)c2cccc(C(=O)O)c2)cc1F.